The molecular formula is C30H35ClN6OS. The van der Waals surface area contributed by atoms with Crippen LogP contribution in [0.5, 0.6) is 5.75 Å². The van der Waals surface area contributed by atoms with Crippen LogP contribution < -0.4 is 15.0 Å². The van der Waals surface area contributed by atoms with Gasteiger partial charge in [0.1, 0.15) is 12.4 Å². The molecule has 0 spiro atoms. The van der Waals surface area contributed by atoms with E-state index in [-0.39, 0.29) is 0 Å². The highest BCUT2D eigenvalue weighted by molar-refractivity contribution is 7.15. The summed E-state index contributed by atoms with van der Waals surface area (Å²) in [4.78, 5) is 19.9. The Morgan fingerprint density at radius 2 is 1.92 bits per heavy atom. The number of ether oxygens (including phenoxy) is 1. The minimum atomic E-state index is 0.504. The molecule has 0 unspecified atom stereocenters. The minimum absolute atomic E-state index is 0.504. The van der Waals surface area contributed by atoms with Gasteiger partial charge in [-0.15, -0.1) is 11.3 Å². The van der Waals surface area contributed by atoms with E-state index in [1.165, 1.54) is 12.8 Å². The summed E-state index contributed by atoms with van der Waals surface area (Å²) in [6.45, 7) is 6.05. The van der Waals surface area contributed by atoms with Crippen molar-refractivity contribution in [1.82, 2.24) is 19.9 Å². The van der Waals surface area contributed by atoms with Gasteiger partial charge in [0.25, 0.3) is 0 Å². The first kappa shape index (κ1) is 27.4. The minimum Gasteiger partial charge on any atom is -0.491 e. The summed E-state index contributed by atoms with van der Waals surface area (Å²) >= 11 is 8.24. The molecule has 0 aliphatic carbocycles. The van der Waals surface area contributed by atoms with Gasteiger partial charge in [-0.05, 0) is 75.2 Å². The average molecular weight is 563 g/mol. The molecule has 0 atom stereocenters. The number of thiazole rings is 1. The predicted molar refractivity (Wildman–Crippen MR) is 163 cm³/mol. The molecule has 204 valence electrons. The number of rotatable bonds is 11. The van der Waals surface area contributed by atoms with Crippen molar-refractivity contribution in [2.24, 2.45) is 0 Å². The Balaban J connectivity index is 1.35. The molecule has 0 bridgehead atoms. The van der Waals surface area contributed by atoms with Gasteiger partial charge in [-0.25, -0.2) is 15.0 Å². The van der Waals surface area contributed by atoms with Crippen LogP contribution in [0.4, 0.5) is 17.3 Å². The van der Waals surface area contributed by atoms with Crippen LogP contribution in [-0.2, 0) is 6.42 Å². The van der Waals surface area contributed by atoms with Crippen LogP contribution in [-0.4, -0.2) is 60.2 Å². The maximum Gasteiger partial charge on any atom is 0.227 e. The molecule has 1 aliphatic heterocycles. The van der Waals surface area contributed by atoms with Crippen molar-refractivity contribution in [3.8, 4) is 27.6 Å². The molecule has 2 aromatic heterocycles. The van der Waals surface area contributed by atoms with Gasteiger partial charge in [-0.2, -0.15) is 0 Å². The largest absolute Gasteiger partial charge is 0.491 e. The summed E-state index contributed by atoms with van der Waals surface area (Å²) in [6, 6.07) is 16.1. The molecule has 2 aromatic carbocycles. The monoisotopic (exact) mass is 562 g/mol. The fraction of sp³-hybridized carbons (Fsp3) is 0.367. The third-order valence-corrected chi connectivity index (χ3v) is 8.14. The molecule has 1 N–H and O–H groups in total. The molecule has 0 radical (unpaired) electrons. The third kappa shape index (κ3) is 6.87. The summed E-state index contributed by atoms with van der Waals surface area (Å²) in [5.41, 5.74) is 4.81. The van der Waals surface area contributed by atoms with Crippen molar-refractivity contribution in [3.05, 3.63) is 64.8 Å². The zero-order valence-electron chi connectivity index (χ0n) is 22.8. The lowest BCUT2D eigenvalue weighted by atomic mass is 10.1. The first-order valence-electron chi connectivity index (χ1n) is 13.5. The van der Waals surface area contributed by atoms with Crippen molar-refractivity contribution >= 4 is 40.3 Å². The molecule has 9 heteroatoms. The average Bonchev–Trinajstić information content (AvgIpc) is 3.61. The number of likely N-dealkylation sites (tertiary alicyclic amines) is 1. The van der Waals surface area contributed by atoms with Gasteiger partial charge in [-0.1, -0.05) is 30.7 Å². The van der Waals surface area contributed by atoms with Crippen molar-refractivity contribution in [2.75, 3.05) is 50.6 Å². The summed E-state index contributed by atoms with van der Waals surface area (Å²) in [5, 5.41) is 4.98. The fourth-order valence-electron chi connectivity index (χ4n) is 4.65. The van der Waals surface area contributed by atoms with E-state index in [2.05, 4.69) is 51.3 Å². The first-order valence-corrected chi connectivity index (χ1v) is 14.7. The summed E-state index contributed by atoms with van der Waals surface area (Å²) in [5.74, 6) is 1.19. The lowest BCUT2D eigenvalue weighted by Crippen LogP contribution is -2.25. The quantitative estimate of drug-likeness (QED) is 0.208. The lowest BCUT2D eigenvalue weighted by Gasteiger charge is -2.16. The Hall–Kier alpha value is -3.20. The molecule has 0 amide bonds. The standard InChI is InChI=1S/C30H35ClN6OS/c1-4-8-27-35-28(21-9-7-10-23(19-21)36(2)3)29(39-27)25-13-14-32-30(34-25)33-22-11-12-26(24(31)20-22)38-18-17-37-15-5-6-16-37/h7,9-14,19-20H,4-6,8,15-18H2,1-3H3,(H,32,33,34). The molecule has 1 saturated heterocycles. The molecule has 3 heterocycles. The molecule has 0 saturated carbocycles. The van der Waals surface area contributed by atoms with Gasteiger partial charge in [0.2, 0.25) is 5.95 Å². The van der Waals surface area contributed by atoms with E-state index in [9.17, 15) is 0 Å². The van der Waals surface area contributed by atoms with Gasteiger partial charge in [-0.3, -0.25) is 4.90 Å². The van der Waals surface area contributed by atoms with Crippen molar-refractivity contribution in [3.63, 3.8) is 0 Å². The third-order valence-electron chi connectivity index (χ3n) is 6.71. The van der Waals surface area contributed by atoms with Crippen LogP contribution in [0.1, 0.15) is 31.2 Å². The van der Waals surface area contributed by atoms with E-state index in [4.69, 9.17) is 26.3 Å². The molecule has 7 nitrogen and oxygen atoms in total. The highest BCUT2D eigenvalue weighted by atomic mass is 35.5. The van der Waals surface area contributed by atoms with E-state index in [1.54, 1.807) is 17.5 Å². The van der Waals surface area contributed by atoms with Crippen LogP contribution in [0.25, 0.3) is 21.8 Å². The maximum absolute atomic E-state index is 6.54. The number of hydrogen-bond acceptors (Lipinski definition) is 8. The van der Waals surface area contributed by atoms with Crippen molar-refractivity contribution < 1.29 is 4.74 Å². The van der Waals surface area contributed by atoms with E-state index in [0.717, 1.165) is 70.7 Å². The Morgan fingerprint density at radius 1 is 1.08 bits per heavy atom. The van der Waals surface area contributed by atoms with Crippen molar-refractivity contribution in [2.45, 2.75) is 32.6 Å². The molecular weight excluding hydrogens is 528 g/mol. The van der Waals surface area contributed by atoms with Gasteiger partial charge in [0.15, 0.2) is 0 Å². The smallest absolute Gasteiger partial charge is 0.227 e. The number of anilines is 3. The fourth-order valence-corrected chi connectivity index (χ4v) is 6.04. The Morgan fingerprint density at radius 3 is 2.69 bits per heavy atom. The van der Waals surface area contributed by atoms with E-state index in [1.807, 2.05) is 38.4 Å². The predicted octanol–water partition coefficient (Wildman–Crippen LogP) is 7.16. The molecule has 39 heavy (non-hydrogen) atoms. The molecule has 1 aliphatic rings. The zero-order valence-corrected chi connectivity index (χ0v) is 24.4. The SMILES string of the molecule is CCCc1nc(-c2cccc(N(C)C)c2)c(-c2ccnc(Nc3ccc(OCCN4CCCC4)c(Cl)c3)n2)s1. The zero-order chi connectivity index (χ0) is 27.2. The van der Waals surface area contributed by atoms with E-state index in [0.29, 0.717) is 23.3 Å². The Bertz CT molecular complexity index is 1400. The number of aromatic nitrogens is 3. The molecule has 5 rings (SSSR count). The normalized spacial score (nSPS) is 13.5. The van der Waals surface area contributed by atoms with E-state index < -0.39 is 0 Å². The summed E-state index contributed by atoms with van der Waals surface area (Å²) in [6.07, 6.45) is 6.31. The second-order valence-corrected chi connectivity index (χ2v) is 11.4. The number of nitrogens with zero attached hydrogens (tertiary/aromatic N) is 5. The Kier molecular flexibility index (Phi) is 8.96. The second kappa shape index (κ2) is 12.8. The lowest BCUT2D eigenvalue weighted by molar-refractivity contribution is 0.238. The summed E-state index contributed by atoms with van der Waals surface area (Å²) in [7, 11) is 4.09. The molecule has 4 aromatic rings. The second-order valence-electron chi connectivity index (χ2n) is 9.91. The highest BCUT2D eigenvalue weighted by Gasteiger charge is 2.18. The number of halogens is 1. The number of hydrogen-bond donors (Lipinski definition) is 1. The summed E-state index contributed by atoms with van der Waals surface area (Å²) < 4.78 is 5.94. The van der Waals surface area contributed by atoms with Crippen LogP contribution >= 0.6 is 22.9 Å². The topological polar surface area (TPSA) is 66.4 Å². The van der Waals surface area contributed by atoms with Crippen molar-refractivity contribution in [1.29, 1.82) is 0 Å². The van der Waals surface area contributed by atoms with E-state index >= 15 is 0 Å². The van der Waals surface area contributed by atoms with Crippen LogP contribution in [0.3, 0.4) is 0 Å². The number of benzene rings is 2. The van der Waals surface area contributed by atoms with Gasteiger partial charge >= 0.3 is 0 Å². The molecule has 1 fully saturated rings. The highest BCUT2D eigenvalue weighted by Crippen LogP contribution is 2.38. The van der Waals surface area contributed by atoms with Crippen LogP contribution in [0, 0.1) is 0 Å². The maximum atomic E-state index is 6.54. The van der Waals surface area contributed by atoms with Crippen LogP contribution in [0.2, 0.25) is 5.02 Å². The van der Waals surface area contributed by atoms with Crippen LogP contribution in [0.15, 0.2) is 54.7 Å². The number of nitrogens with one attached hydrogen (secondary N) is 1. The van der Waals surface area contributed by atoms with Gasteiger partial charge < -0.3 is 15.0 Å². The Labute approximate surface area is 239 Å². The first-order chi connectivity index (χ1) is 19.0. The van der Waals surface area contributed by atoms with Gasteiger partial charge in [0.05, 0.1) is 26.3 Å². The number of aryl methyl sites for hydroxylation is 1. The van der Waals surface area contributed by atoms with Gasteiger partial charge in [0, 0.05) is 43.8 Å².